The number of nitrogens with zero attached hydrogens (tertiary/aromatic N) is 1. The zero-order valence-corrected chi connectivity index (χ0v) is 10.9. The van der Waals surface area contributed by atoms with Gasteiger partial charge in [-0.05, 0) is 19.2 Å². The highest BCUT2D eigenvalue weighted by atomic mass is 35.5. The number of aromatic nitrogens is 1. The molecule has 4 nitrogen and oxygen atoms in total. The first-order valence-corrected chi connectivity index (χ1v) is 6.44. The van der Waals surface area contributed by atoms with Gasteiger partial charge in [0.2, 0.25) is 5.91 Å². The molecule has 90 valence electrons. The molecule has 0 radical (unpaired) electrons. The summed E-state index contributed by atoms with van der Waals surface area (Å²) in [5.41, 5.74) is 3.09. The maximum absolute atomic E-state index is 11.7. The van der Waals surface area contributed by atoms with Crippen LogP contribution in [0.25, 0.3) is 10.2 Å². The van der Waals surface area contributed by atoms with Crippen LogP contribution in [0.1, 0.15) is 6.42 Å². The van der Waals surface area contributed by atoms with E-state index in [0.717, 1.165) is 10.2 Å². The average Bonchev–Trinajstić information content (AvgIpc) is 2.78. The topological polar surface area (TPSA) is 54.0 Å². The smallest absolute Gasteiger partial charge is 0.225 e. The van der Waals surface area contributed by atoms with Gasteiger partial charge in [0.15, 0.2) is 0 Å². The fourth-order valence-electron chi connectivity index (χ4n) is 1.47. The molecule has 1 aromatic heterocycles. The van der Waals surface area contributed by atoms with Gasteiger partial charge in [-0.3, -0.25) is 4.79 Å². The molecular weight excluding hydrogens is 258 g/mol. The van der Waals surface area contributed by atoms with E-state index < -0.39 is 0 Å². The van der Waals surface area contributed by atoms with Crippen molar-refractivity contribution in [3.63, 3.8) is 0 Å². The molecule has 6 heteroatoms. The normalized spacial score (nSPS) is 10.7. The molecule has 0 aliphatic rings. The van der Waals surface area contributed by atoms with Gasteiger partial charge in [0.1, 0.15) is 5.52 Å². The van der Waals surface area contributed by atoms with Crippen molar-refractivity contribution in [3.8, 4) is 0 Å². The van der Waals surface area contributed by atoms with Crippen molar-refractivity contribution < 1.29 is 4.79 Å². The van der Waals surface area contributed by atoms with Gasteiger partial charge in [-0.25, -0.2) is 4.98 Å². The molecule has 0 aliphatic carbocycles. The first-order chi connectivity index (χ1) is 8.22. The molecule has 0 bridgehead atoms. The van der Waals surface area contributed by atoms with E-state index in [2.05, 4.69) is 15.6 Å². The number of hydrogen-bond donors (Lipinski definition) is 2. The predicted molar refractivity (Wildman–Crippen MR) is 71.8 cm³/mol. The number of thiazole rings is 1. The second kappa shape index (κ2) is 5.44. The minimum atomic E-state index is -0.0678. The zero-order valence-electron chi connectivity index (χ0n) is 9.29. The first kappa shape index (κ1) is 12.3. The van der Waals surface area contributed by atoms with Crippen LogP contribution in [-0.4, -0.2) is 24.5 Å². The molecule has 1 amide bonds. The maximum atomic E-state index is 11.7. The molecule has 2 aromatic rings. The van der Waals surface area contributed by atoms with Crippen LogP contribution < -0.4 is 10.6 Å². The van der Waals surface area contributed by atoms with Crippen LogP contribution in [0.3, 0.4) is 0 Å². The van der Waals surface area contributed by atoms with Gasteiger partial charge >= 0.3 is 0 Å². The number of fused-ring (bicyclic) bond motifs is 1. The summed E-state index contributed by atoms with van der Waals surface area (Å²) < 4.78 is 1.01. The van der Waals surface area contributed by atoms with E-state index in [9.17, 15) is 4.79 Å². The fraction of sp³-hybridized carbons (Fsp3) is 0.273. The number of amides is 1. The van der Waals surface area contributed by atoms with E-state index in [1.54, 1.807) is 18.6 Å². The summed E-state index contributed by atoms with van der Waals surface area (Å²) in [7, 11) is 1.81. The van der Waals surface area contributed by atoms with Gasteiger partial charge in [-0.2, -0.15) is 0 Å². The van der Waals surface area contributed by atoms with Gasteiger partial charge in [0.25, 0.3) is 0 Å². The summed E-state index contributed by atoms with van der Waals surface area (Å²) in [5, 5.41) is 6.25. The number of halogens is 1. The van der Waals surface area contributed by atoms with Crippen LogP contribution in [0, 0.1) is 0 Å². The Balaban J connectivity index is 2.25. The number of hydrogen-bond acceptors (Lipinski definition) is 4. The number of benzene rings is 1. The van der Waals surface area contributed by atoms with E-state index in [0.29, 0.717) is 23.7 Å². The van der Waals surface area contributed by atoms with Crippen LogP contribution >= 0.6 is 22.9 Å². The van der Waals surface area contributed by atoms with Crippen molar-refractivity contribution in [1.29, 1.82) is 0 Å². The number of nitrogens with one attached hydrogen (secondary N) is 2. The molecule has 1 heterocycles. The van der Waals surface area contributed by atoms with Gasteiger partial charge < -0.3 is 10.6 Å². The second-order valence-corrected chi connectivity index (χ2v) is 4.82. The van der Waals surface area contributed by atoms with E-state index in [-0.39, 0.29) is 5.91 Å². The summed E-state index contributed by atoms with van der Waals surface area (Å²) in [5.74, 6) is -0.0678. The molecule has 0 fully saturated rings. The number of carbonyl (C=O) groups excluding carboxylic acids is 1. The van der Waals surface area contributed by atoms with Crippen molar-refractivity contribution in [2.75, 3.05) is 18.9 Å². The van der Waals surface area contributed by atoms with E-state index in [1.165, 1.54) is 11.3 Å². The molecule has 0 unspecified atom stereocenters. The lowest BCUT2D eigenvalue weighted by Gasteiger charge is -2.07. The SMILES string of the molecule is CNCCC(=O)Nc1c(Cl)ccc2scnc12. The molecule has 0 saturated carbocycles. The highest BCUT2D eigenvalue weighted by Gasteiger charge is 2.11. The van der Waals surface area contributed by atoms with Crippen molar-refractivity contribution in [3.05, 3.63) is 22.7 Å². The molecule has 2 rings (SSSR count). The Labute approximate surface area is 108 Å². The van der Waals surface area contributed by atoms with Crippen LogP contribution in [0.15, 0.2) is 17.6 Å². The standard InChI is InChI=1S/C11H12ClN3OS/c1-13-5-4-9(16)15-10-7(12)2-3-8-11(10)14-6-17-8/h2-3,6,13H,4-5H2,1H3,(H,15,16). The Hall–Kier alpha value is -1.17. The largest absolute Gasteiger partial charge is 0.323 e. The fourth-order valence-corrected chi connectivity index (χ4v) is 2.35. The molecular formula is C11H12ClN3OS. The van der Waals surface area contributed by atoms with Crippen molar-refractivity contribution in [2.45, 2.75) is 6.42 Å². The third kappa shape index (κ3) is 2.74. The van der Waals surface area contributed by atoms with Crippen molar-refractivity contribution in [1.82, 2.24) is 10.3 Å². The van der Waals surface area contributed by atoms with Crippen LogP contribution in [0.4, 0.5) is 5.69 Å². The molecule has 2 N–H and O–H groups in total. The van der Waals surface area contributed by atoms with Gasteiger partial charge in [0, 0.05) is 13.0 Å². The summed E-state index contributed by atoms with van der Waals surface area (Å²) in [6.45, 7) is 0.635. The molecule has 0 saturated heterocycles. The Morgan fingerprint density at radius 1 is 1.53 bits per heavy atom. The van der Waals surface area contributed by atoms with Crippen LogP contribution in [-0.2, 0) is 4.79 Å². The summed E-state index contributed by atoms with van der Waals surface area (Å²) >= 11 is 7.59. The third-order valence-electron chi connectivity index (χ3n) is 2.32. The number of anilines is 1. The lowest BCUT2D eigenvalue weighted by molar-refractivity contribution is -0.116. The first-order valence-electron chi connectivity index (χ1n) is 5.18. The van der Waals surface area contributed by atoms with Crippen LogP contribution in [0.5, 0.6) is 0 Å². The number of carbonyl (C=O) groups is 1. The summed E-state index contributed by atoms with van der Waals surface area (Å²) in [6, 6.07) is 3.67. The second-order valence-electron chi connectivity index (χ2n) is 3.52. The minimum absolute atomic E-state index is 0.0678. The zero-order chi connectivity index (χ0) is 12.3. The van der Waals surface area contributed by atoms with Crippen LogP contribution in [0.2, 0.25) is 5.02 Å². The number of rotatable bonds is 4. The minimum Gasteiger partial charge on any atom is -0.323 e. The Morgan fingerprint density at radius 3 is 3.12 bits per heavy atom. The third-order valence-corrected chi connectivity index (χ3v) is 3.43. The monoisotopic (exact) mass is 269 g/mol. The maximum Gasteiger partial charge on any atom is 0.225 e. The average molecular weight is 270 g/mol. The quantitative estimate of drug-likeness (QED) is 0.897. The Morgan fingerprint density at radius 2 is 2.35 bits per heavy atom. The van der Waals surface area contributed by atoms with Gasteiger partial charge in [0.05, 0.1) is 20.9 Å². The van der Waals surface area contributed by atoms with E-state index in [4.69, 9.17) is 11.6 Å². The van der Waals surface area contributed by atoms with E-state index >= 15 is 0 Å². The van der Waals surface area contributed by atoms with E-state index in [1.807, 2.05) is 6.07 Å². The van der Waals surface area contributed by atoms with Crippen molar-refractivity contribution in [2.24, 2.45) is 0 Å². The summed E-state index contributed by atoms with van der Waals surface area (Å²) in [6.07, 6.45) is 0.410. The Kier molecular flexibility index (Phi) is 3.93. The molecule has 0 atom stereocenters. The molecule has 1 aromatic carbocycles. The lowest BCUT2D eigenvalue weighted by Crippen LogP contribution is -2.19. The molecule has 0 aliphatic heterocycles. The highest BCUT2D eigenvalue weighted by molar-refractivity contribution is 7.16. The molecule has 0 spiro atoms. The van der Waals surface area contributed by atoms with Gasteiger partial charge in [-0.15, -0.1) is 11.3 Å². The Bertz CT molecular complexity index is 540. The predicted octanol–water partition coefficient (Wildman–Crippen LogP) is 2.50. The lowest BCUT2D eigenvalue weighted by atomic mass is 10.2. The molecule has 17 heavy (non-hydrogen) atoms. The highest BCUT2D eigenvalue weighted by Crippen LogP contribution is 2.32. The van der Waals surface area contributed by atoms with Gasteiger partial charge in [-0.1, -0.05) is 11.6 Å². The summed E-state index contributed by atoms with van der Waals surface area (Å²) in [4.78, 5) is 15.9. The van der Waals surface area contributed by atoms with Crippen molar-refractivity contribution >= 4 is 44.7 Å².